The molecule has 40 heavy (non-hydrogen) atoms. The van der Waals surface area contributed by atoms with Gasteiger partial charge >= 0.3 is 0 Å². The zero-order chi connectivity index (χ0) is 29.1. The number of hydrogen-bond acceptors (Lipinski definition) is 6. The average Bonchev–Trinajstić information content (AvgIpc) is 2.87. The van der Waals surface area contributed by atoms with E-state index >= 15 is 0 Å². The largest absolute Gasteiger partial charge is 0.744 e. The molecule has 11 heteroatoms. The van der Waals surface area contributed by atoms with Crippen LogP contribution in [0.2, 0.25) is 0 Å². The number of benzene rings is 2. The van der Waals surface area contributed by atoms with Gasteiger partial charge in [-0.25, -0.2) is 13.0 Å². The smallest absolute Gasteiger partial charge is 0.294 e. The number of rotatable bonds is 9. The van der Waals surface area contributed by atoms with Gasteiger partial charge in [-0.1, -0.05) is 12.1 Å². The van der Waals surface area contributed by atoms with Crippen LogP contribution in [0, 0.1) is 13.8 Å². The third-order valence-electron chi connectivity index (χ3n) is 7.10. The number of anilines is 1. The maximum Gasteiger partial charge on any atom is 0.294 e. The summed E-state index contributed by atoms with van der Waals surface area (Å²) in [6.07, 6.45) is 7.67. The predicted octanol–water partition coefficient (Wildman–Crippen LogP) is 4.34. The van der Waals surface area contributed by atoms with E-state index in [4.69, 9.17) is 0 Å². The summed E-state index contributed by atoms with van der Waals surface area (Å²) >= 11 is 0. The topological polar surface area (TPSA) is 118 Å². The van der Waals surface area contributed by atoms with Crippen molar-refractivity contribution in [3.8, 4) is 0 Å². The summed E-state index contributed by atoms with van der Waals surface area (Å²) in [6.45, 7) is 14.2. The fourth-order valence-corrected chi connectivity index (χ4v) is 6.89. The molecule has 211 valence electrons. The molecular formula is C29H36N2NaO6S2. The molecule has 1 N–H and O–H groups in total. The van der Waals surface area contributed by atoms with Gasteiger partial charge in [0.15, 0.2) is 5.71 Å². The number of allylic oxidation sites excluding steroid dienone is 5. The second kappa shape index (κ2) is 13.7. The maximum absolute atomic E-state index is 12.3. The van der Waals surface area contributed by atoms with Crippen LogP contribution in [-0.2, 0) is 20.2 Å². The van der Waals surface area contributed by atoms with E-state index in [1.54, 1.807) is 0 Å². The number of hydrogen-bond donors (Lipinski definition) is 1. The normalized spacial score (nSPS) is 13.3. The van der Waals surface area contributed by atoms with Gasteiger partial charge < -0.3 is 9.45 Å². The third kappa shape index (κ3) is 7.23. The third-order valence-corrected chi connectivity index (χ3v) is 9.19. The molecule has 1 radical (unpaired) electrons. The monoisotopic (exact) mass is 595 g/mol. The van der Waals surface area contributed by atoms with E-state index < -0.39 is 30.0 Å². The minimum absolute atomic E-state index is 0. The molecule has 0 atom stereocenters. The Morgan fingerprint density at radius 3 is 1.82 bits per heavy atom. The van der Waals surface area contributed by atoms with Crippen molar-refractivity contribution < 1.29 is 30.5 Å². The standard InChI is InChI=1S/C29H36N2O6S2.Na/c1-7-30(8-2)24-15-11-22(12-16-24)28(23-13-17-25(18-14-23)31(9-3)10-4)26-19-27(38(32,33)34)21(6)29(20(26)5)39(35,36)37;/h11-19H,7-10H2,1-6H3,(H-,32,33,34,35,36,37);. The summed E-state index contributed by atoms with van der Waals surface area (Å²) < 4.78 is 73.7. The Morgan fingerprint density at radius 1 is 0.875 bits per heavy atom. The first-order valence-electron chi connectivity index (χ1n) is 12.9. The fraction of sp³-hybridized carbons (Fsp3) is 0.345. The molecule has 3 rings (SSSR count). The average molecular weight is 596 g/mol. The molecule has 0 fully saturated rings. The van der Waals surface area contributed by atoms with Gasteiger partial charge in [0.25, 0.3) is 10.1 Å². The van der Waals surface area contributed by atoms with Gasteiger partial charge in [-0.2, -0.15) is 8.42 Å². The molecule has 0 bridgehead atoms. The van der Waals surface area contributed by atoms with Crippen molar-refractivity contribution in [2.24, 2.45) is 0 Å². The maximum atomic E-state index is 12.3. The van der Waals surface area contributed by atoms with Crippen LogP contribution in [0.3, 0.4) is 0 Å². The van der Waals surface area contributed by atoms with Crippen LogP contribution in [0.1, 0.15) is 49.9 Å². The van der Waals surface area contributed by atoms with Crippen molar-refractivity contribution in [1.29, 1.82) is 0 Å². The van der Waals surface area contributed by atoms with Crippen molar-refractivity contribution in [3.05, 3.63) is 82.5 Å². The Labute approximate surface area is 260 Å². The van der Waals surface area contributed by atoms with Crippen LogP contribution in [0.4, 0.5) is 5.69 Å². The van der Waals surface area contributed by atoms with Crippen LogP contribution in [0.15, 0.2) is 70.0 Å². The van der Waals surface area contributed by atoms with Crippen LogP contribution in [0.5, 0.6) is 0 Å². The Balaban J connectivity index is 0.00000560. The van der Waals surface area contributed by atoms with E-state index in [0.717, 1.165) is 37.6 Å². The summed E-state index contributed by atoms with van der Waals surface area (Å²) in [7, 11) is -9.90. The summed E-state index contributed by atoms with van der Waals surface area (Å²) in [6, 6.07) is 8.93. The van der Waals surface area contributed by atoms with E-state index in [1.807, 2.05) is 48.6 Å². The Bertz CT molecular complexity index is 1580. The van der Waals surface area contributed by atoms with E-state index in [1.165, 1.54) is 19.9 Å². The molecule has 0 saturated heterocycles. The summed E-state index contributed by atoms with van der Waals surface area (Å²) in [5.74, 6) is 0. The van der Waals surface area contributed by atoms with E-state index in [-0.39, 0.29) is 46.2 Å². The van der Waals surface area contributed by atoms with Crippen LogP contribution >= 0.6 is 0 Å². The molecule has 2 aromatic carbocycles. The van der Waals surface area contributed by atoms with Crippen molar-refractivity contribution in [3.63, 3.8) is 0 Å². The van der Waals surface area contributed by atoms with E-state index in [2.05, 4.69) is 37.2 Å². The SMILES string of the molecule is CCN(CC)c1ccc(C(=C2C=CC(=[N+](CC)CC)C=C2)c2cc(S(=O)(=O)O)c(C)c(S(=O)(=O)[O-])c2C)cc1.[Na]. The van der Waals surface area contributed by atoms with Crippen LogP contribution < -0.4 is 4.90 Å². The quantitative estimate of drug-likeness (QED) is 0.260. The van der Waals surface area contributed by atoms with Gasteiger partial charge in [0.1, 0.15) is 23.2 Å². The molecule has 2 aromatic rings. The first-order chi connectivity index (χ1) is 18.3. The molecule has 0 unspecified atom stereocenters. The summed E-state index contributed by atoms with van der Waals surface area (Å²) in [5.41, 5.74) is 3.98. The second-order valence-electron chi connectivity index (χ2n) is 9.24. The molecule has 1 aliphatic rings. The van der Waals surface area contributed by atoms with Gasteiger partial charge in [0.2, 0.25) is 0 Å². The molecule has 8 nitrogen and oxygen atoms in total. The number of nitrogens with zero attached hydrogens (tertiary/aromatic N) is 2. The first kappa shape index (κ1) is 34.2. The van der Waals surface area contributed by atoms with E-state index in [9.17, 15) is 25.9 Å². The van der Waals surface area contributed by atoms with Gasteiger partial charge in [0.05, 0.1) is 9.79 Å². The molecule has 0 spiro atoms. The van der Waals surface area contributed by atoms with Crippen molar-refractivity contribution in [1.82, 2.24) is 0 Å². The molecule has 0 amide bonds. The second-order valence-corrected chi connectivity index (χ2v) is 12.0. The van der Waals surface area contributed by atoms with Gasteiger partial charge in [-0.15, -0.1) is 0 Å². The Kier molecular flexibility index (Phi) is 11.7. The minimum Gasteiger partial charge on any atom is -0.744 e. The van der Waals surface area contributed by atoms with Gasteiger partial charge in [-0.05, 0) is 105 Å². The molecule has 0 aromatic heterocycles. The summed E-state index contributed by atoms with van der Waals surface area (Å²) in [4.78, 5) is 0.914. The molecular weight excluding hydrogens is 559 g/mol. The zero-order valence-corrected chi connectivity index (χ0v) is 27.9. The van der Waals surface area contributed by atoms with Crippen LogP contribution in [0.25, 0.3) is 5.57 Å². The molecule has 0 saturated carbocycles. The zero-order valence-electron chi connectivity index (χ0n) is 24.2. The minimum atomic E-state index is -5.07. The fourth-order valence-electron chi connectivity index (χ4n) is 5.10. The first-order valence-corrected chi connectivity index (χ1v) is 15.8. The predicted molar refractivity (Wildman–Crippen MR) is 160 cm³/mol. The van der Waals surface area contributed by atoms with Crippen molar-refractivity contribution >= 4 is 66.8 Å². The molecule has 1 aliphatic carbocycles. The van der Waals surface area contributed by atoms with Gasteiger partial charge in [-0.3, -0.25) is 4.55 Å². The van der Waals surface area contributed by atoms with Crippen molar-refractivity contribution in [2.75, 3.05) is 31.1 Å². The van der Waals surface area contributed by atoms with Crippen molar-refractivity contribution in [2.45, 2.75) is 51.3 Å². The molecule has 0 aliphatic heterocycles. The molecule has 0 heterocycles. The Morgan fingerprint density at radius 2 is 1.40 bits per heavy atom. The Hall–Kier alpha value is -2.05. The summed E-state index contributed by atoms with van der Waals surface area (Å²) in [5, 5.41) is 0. The van der Waals surface area contributed by atoms with Gasteiger partial charge in [0, 0.05) is 60.5 Å². The van der Waals surface area contributed by atoms with E-state index in [0.29, 0.717) is 16.7 Å². The van der Waals surface area contributed by atoms with Crippen LogP contribution in [-0.4, -0.2) is 92.0 Å².